The Bertz CT molecular complexity index is 915. The van der Waals surface area contributed by atoms with E-state index in [1.165, 1.54) is 250 Å². The number of phosphoric acid groups is 1. The molecule has 0 N–H and O–H groups in total. The molecule has 0 spiro atoms. The van der Waals surface area contributed by atoms with E-state index in [1.807, 2.05) is 0 Å². The fourth-order valence-corrected chi connectivity index (χ4v) is 10.5. The van der Waals surface area contributed by atoms with Crippen molar-refractivity contribution in [3.63, 3.8) is 0 Å². The van der Waals surface area contributed by atoms with Gasteiger partial charge in [0.25, 0.3) is 0 Å². The van der Waals surface area contributed by atoms with E-state index in [0.717, 1.165) is 19.3 Å². The summed E-state index contributed by atoms with van der Waals surface area (Å²) in [6, 6.07) is 0. The molecule has 0 amide bonds. The molecule has 0 fully saturated rings. The Labute approximate surface area is 442 Å². The number of rotatable bonds is 63. The molecule has 71 heavy (non-hydrogen) atoms. The minimum absolute atomic E-state index is 0.297. The van der Waals surface area contributed by atoms with Crippen LogP contribution in [0, 0.1) is 0 Å². The predicted octanol–water partition coefficient (Wildman–Crippen LogP) is 19.7. The average molecular weight is 1040 g/mol. The Hall–Kier alpha value is -0.130. The molecule has 0 aliphatic heterocycles. The predicted molar refractivity (Wildman–Crippen MR) is 300 cm³/mol. The van der Waals surface area contributed by atoms with Crippen LogP contribution in [0.5, 0.6) is 0 Å². The number of phosphoric ester groups is 1. The van der Waals surface area contributed by atoms with E-state index in [1.54, 1.807) is 20.8 Å². The summed E-state index contributed by atoms with van der Waals surface area (Å²) in [7, 11) is -4.17. The first-order valence-electron chi connectivity index (χ1n) is 31.1. The molecule has 10 nitrogen and oxygen atoms in total. The molecule has 0 aromatic rings. The maximum Gasteiger partial charge on any atom is 0.481 e. The van der Waals surface area contributed by atoms with Crippen molar-refractivity contribution in [2.45, 2.75) is 330 Å². The molecule has 0 rings (SSSR count). The molecule has 11 heteroatoms. The molecule has 0 aromatic heterocycles. The van der Waals surface area contributed by atoms with Gasteiger partial charge < -0.3 is 28.4 Å². The second kappa shape index (κ2) is 59.1. The summed E-state index contributed by atoms with van der Waals surface area (Å²) in [5, 5.41) is 0. The SMILES string of the molecule is CCCCCCCCCCCCCCCCOCCOC(C)OP(=O)(OC(C)OCCOCCCCCCCCCCCCCCCC)OC(C)OCCOCCCCCCCCCCCCCCCC. The first-order chi connectivity index (χ1) is 34.9. The maximum atomic E-state index is 14.0. The van der Waals surface area contributed by atoms with Crippen molar-refractivity contribution >= 4 is 7.82 Å². The highest BCUT2D eigenvalue weighted by molar-refractivity contribution is 7.48. The fraction of sp³-hybridized carbons (Fsp3) is 1.00. The molecule has 0 aliphatic carbocycles. The number of unbranched alkanes of at least 4 members (excludes halogenated alkanes) is 39. The molecule has 0 heterocycles. The minimum Gasteiger partial charge on any atom is -0.379 e. The third kappa shape index (κ3) is 57.4. The van der Waals surface area contributed by atoms with Crippen LogP contribution in [0.1, 0.15) is 311 Å². The van der Waals surface area contributed by atoms with Crippen LogP contribution < -0.4 is 0 Å². The van der Waals surface area contributed by atoms with Crippen LogP contribution in [0.2, 0.25) is 0 Å². The molecule has 428 valence electrons. The third-order valence-electron chi connectivity index (χ3n) is 13.5. The van der Waals surface area contributed by atoms with Gasteiger partial charge in [0.15, 0.2) is 18.9 Å². The zero-order valence-corrected chi connectivity index (χ0v) is 49.2. The van der Waals surface area contributed by atoms with Crippen molar-refractivity contribution < 1.29 is 46.6 Å². The molecule has 0 radical (unpaired) electrons. The zero-order valence-electron chi connectivity index (χ0n) is 48.3. The summed E-state index contributed by atoms with van der Waals surface area (Å²) in [4.78, 5) is 0. The van der Waals surface area contributed by atoms with Crippen LogP contribution in [0.4, 0.5) is 0 Å². The Kier molecular flexibility index (Phi) is 59.0. The number of hydrogen-bond acceptors (Lipinski definition) is 10. The van der Waals surface area contributed by atoms with Gasteiger partial charge in [0.1, 0.15) is 0 Å². The highest BCUT2D eigenvalue weighted by Crippen LogP contribution is 2.53. The van der Waals surface area contributed by atoms with Gasteiger partial charge in [-0.3, -0.25) is 13.6 Å². The lowest BCUT2D eigenvalue weighted by Crippen LogP contribution is -2.23. The van der Waals surface area contributed by atoms with E-state index < -0.39 is 26.7 Å². The molecular formula is C60H123O10P. The van der Waals surface area contributed by atoms with Gasteiger partial charge in [0.2, 0.25) is 0 Å². The molecule has 3 atom stereocenters. The van der Waals surface area contributed by atoms with Gasteiger partial charge in [0, 0.05) is 19.8 Å². The van der Waals surface area contributed by atoms with Crippen LogP contribution in [0.3, 0.4) is 0 Å². The van der Waals surface area contributed by atoms with Gasteiger partial charge in [-0.15, -0.1) is 0 Å². The summed E-state index contributed by atoms with van der Waals surface area (Å²) in [5.74, 6) is 0. The molecule has 0 bridgehead atoms. The Balaban J connectivity index is 4.40. The van der Waals surface area contributed by atoms with Crippen LogP contribution >= 0.6 is 7.82 Å². The van der Waals surface area contributed by atoms with Gasteiger partial charge in [-0.05, 0) is 40.0 Å². The molecule has 0 saturated heterocycles. The maximum absolute atomic E-state index is 14.0. The molecule has 0 aromatic carbocycles. The number of ether oxygens (including phenoxy) is 6. The van der Waals surface area contributed by atoms with Crippen molar-refractivity contribution in [1.82, 2.24) is 0 Å². The summed E-state index contributed by atoms with van der Waals surface area (Å²) >= 11 is 0. The van der Waals surface area contributed by atoms with Crippen LogP contribution in [-0.2, 0) is 46.6 Å². The van der Waals surface area contributed by atoms with E-state index in [0.29, 0.717) is 59.5 Å². The Morgan fingerprint density at radius 3 is 0.592 bits per heavy atom. The van der Waals surface area contributed by atoms with Gasteiger partial charge in [-0.1, -0.05) is 271 Å². The van der Waals surface area contributed by atoms with Gasteiger partial charge in [0.05, 0.1) is 39.6 Å². The van der Waals surface area contributed by atoms with Crippen LogP contribution in [-0.4, -0.2) is 78.3 Å². The average Bonchev–Trinajstić information content (AvgIpc) is 3.35. The lowest BCUT2D eigenvalue weighted by Gasteiger charge is -2.26. The highest BCUT2D eigenvalue weighted by Gasteiger charge is 2.35. The standard InChI is InChI=1S/C60H123O10P/c1-7-10-13-16-19-22-25-28-31-34-37-40-43-46-49-62-52-55-65-58(4)68-71(61,69-59(5)66-56-53-63-50-47-44-41-38-35-32-29-26-23-20-17-14-11-8-2)70-60(6)67-57-54-64-51-48-45-42-39-36-33-30-27-24-21-18-15-12-9-3/h58-60H,7-57H2,1-6H3. The summed E-state index contributed by atoms with van der Waals surface area (Å²) in [6.07, 6.45) is 53.4. The first kappa shape index (κ1) is 70.9. The fourth-order valence-electron chi connectivity index (χ4n) is 9.03. The monoisotopic (exact) mass is 1030 g/mol. The van der Waals surface area contributed by atoms with Gasteiger partial charge in [-0.2, -0.15) is 0 Å². The van der Waals surface area contributed by atoms with Crippen molar-refractivity contribution in [2.75, 3.05) is 59.5 Å². The van der Waals surface area contributed by atoms with Crippen molar-refractivity contribution in [3.8, 4) is 0 Å². The van der Waals surface area contributed by atoms with E-state index in [4.69, 9.17) is 42.0 Å². The van der Waals surface area contributed by atoms with Crippen molar-refractivity contribution in [3.05, 3.63) is 0 Å². The van der Waals surface area contributed by atoms with Crippen molar-refractivity contribution in [2.24, 2.45) is 0 Å². The molecule has 0 aliphatic rings. The molecule has 0 saturated carbocycles. The largest absolute Gasteiger partial charge is 0.481 e. The van der Waals surface area contributed by atoms with E-state index in [2.05, 4.69) is 20.8 Å². The second-order valence-corrected chi connectivity index (χ2v) is 22.2. The lowest BCUT2D eigenvalue weighted by atomic mass is 10.0. The summed E-state index contributed by atoms with van der Waals surface area (Å²) in [5.41, 5.74) is 0. The van der Waals surface area contributed by atoms with Crippen LogP contribution in [0.15, 0.2) is 0 Å². The van der Waals surface area contributed by atoms with E-state index in [9.17, 15) is 4.57 Å². The van der Waals surface area contributed by atoms with E-state index in [-0.39, 0.29) is 0 Å². The van der Waals surface area contributed by atoms with Gasteiger partial charge >= 0.3 is 7.82 Å². The first-order valence-corrected chi connectivity index (χ1v) is 32.6. The zero-order chi connectivity index (χ0) is 51.7. The lowest BCUT2D eigenvalue weighted by molar-refractivity contribution is -0.156. The second-order valence-electron chi connectivity index (χ2n) is 20.7. The van der Waals surface area contributed by atoms with Crippen molar-refractivity contribution in [1.29, 1.82) is 0 Å². The summed E-state index contributed by atoms with van der Waals surface area (Å²) in [6.45, 7) is 16.2. The normalized spacial score (nSPS) is 14.1. The smallest absolute Gasteiger partial charge is 0.379 e. The van der Waals surface area contributed by atoms with Crippen LogP contribution in [0.25, 0.3) is 0 Å². The topological polar surface area (TPSA) is 100 Å². The quantitative estimate of drug-likeness (QED) is 0.0333. The van der Waals surface area contributed by atoms with E-state index >= 15 is 0 Å². The minimum atomic E-state index is -4.17. The number of hydrogen-bond donors (Lipinski definition) is 0. The highest BCUT2D eigenvalue weighted by atomic mass is 31.2. The Morgan fingerprint density at radius 1 is 0.239 bits per heavy atom. The summed E-state index contributed by atoms with van der Waals surface area (Å²) < 4.78 is 66.4. The Morgan fingerprint density at radius 2 is 0.408 bits per heavy atom. The third-order valence-corrected chi connectivity index (χ3v) is 15.2. The molecular weight excluding hydrogens is 912 g/mol. The molecule has 3 unspecified atom stereocenters. The van der Waals surface area contributed by atoms with Gasteiger partial charge in [-0.25, -0.2) is 4.57 Å².